The number of para-hydroxylation sites is 1. The van der Waals surface area contributed by atoms with Crippen molar-refractivity contribution in [3.05, 3.63) is 125 Å². The molecule has 3 aliphatic rings. The van der Waals surface area contributed by atoms with Crippen LogP contribution in [0.5, 0.6) is 11.5 Å². The Balaban J connectivity index is 1.54. The summed E-state index contributed by atoms with van der Waals surface area (Å²) >= 11 is 0. The molecule has 7 rings (SSSR count). The van der Waals surface area contributed by atoms with Crippen LogP contribution in [-0.2, 0) is 10.2 Å². The lowest BCUT2D eigenvalue weighted by atomic mass is 9.62. The average Bonchev–Trinajstić information content (AvgIpc) is 3.52. The first kappa shape index (κ1) is 25.7. The Morgan fingerprint density at radius 2 is 1.69 bits per heavy atom. The van der Waals surface area contributed by atoms with E-state index in [1.165, 1.54) is 14.2 Å². The van der Waals surface area contributed by atoms with Crippen molar-refractivity contribution in [1.82, 2.24) is 9.88 Å². The lowest BCUT2D eigenvalue weighted by molar-refractivity contribution is -0.122. The molecule has 0 radical (unpaired) electrons. The molecular weight excluding hydrogens is 530 g/mol. The maximum atomic E-state index is 15.0. The van der Waals surface area contributed by atoms with Gasteiger partial charge in [0.2, 0.25) is 11.7 Å². The van der Waals surface area contributed by atoms with Crippen molar-refractivity contribution in [3.8, 4) is 11.5 Å². The highest BCUT2D eigenvalue weighted by Gasteiger charge is 2.71. The summed E-state index contributed by atoms with van der Waals surface area (Å²) in [5.41, 5.74) is 2.14. The monoisotopic (exact) mass is 557 g/mol. The molecule has 208 valence electrons. The number of rotatable bonds is 6. The minimum Gasteiger partial charge on any atom is -0.497 e. The number of carbonyl (C=O) groups is 3. The standard InChI is InChI=1S/C34H27N3O5/c1-41-21-14-15-23(27(19-21)42-2)30(38)28-29(31(39)26-13-7-8-17-35-26)37-18-16-20-9-3-4-10-22(20)32(37)34(28)24-11-5-6-12-25(24)36-33(34)40/h3-19,28-29,32H,1-2H3,(H,36,40)/t28-,29-,32-,34-/m1/s1. The Morgan fingerprint density at radius 3 is 2.48 bits per heavy atom. The second kappa shape index (κ2) is 9.69. The molecule has 4 heterocycles. The molecule has 1 fully saturated rings. The molecular formula is C34H27N3O5. The van der Waals surface area contributed by atoms with E-state index in [0.717, 1.165) is 11.1 Å². The van der Waals surface area contributed by atoms with Crippen molar-refractivity contribution in [2.45, 2.75) is 17.5 Å². The van der Waals surface area contributed by atoms with Gasteiger partial charge in [0.25, 0.3) is 0 Å². The molecule has 3 aliphatic heterocycles. The number of pyridine rings is 1. The van der Waals surface area contributed by atoms with Gasteiger partial charge in [-0.1, -0.05) is 48.5 Å². The van der Waals surface area contributed by atoms with Crippen molar-refractivity contribution in [3.63, 3.8) is 0 Å². The maximum Gasteiger partial charge on any atom is 0.238 e. The Hall–Kier alpha value is -5.24. The summed E-state index contributed by atoms with van der Waals surface area (Å²) in [6.07, 6.45) is 5.32. The Labute approximate surface area is 242 Å². The number of ketones is 2. The number of anilines is 1. The van der Waals surface area contributed by atoms with E-state index in [-0.39, 0.29) is 28.7 Å². The fourth-order valence-corrected chi connectivity index (χ4v) is 7.00. The number of Topliss-reactive ketones (excluding diaryl/α,β-unsaturated/α-hetero) is 2. The van der Waals surface area contributed by atoms with Crippen molar-refractivity contribution in [2.24, 2.45) is 5.92 Å². The first-order chi connectivity index (χ1) is 20.5. The van der Waals surface area contributed by atoms with E-state index < -0.39 is 23.4 Å². The third kappa shape index (κ3) is 3.48. The van der Waals surface area contributed by atoms with E-state index in [2.05, 4.69) is 10.3 Å². The van der Waals surface area contributed by atoms with Crippen LogP contribution in [0.25, 0.3) is 6.08 Å². The summed E-state index contributed by atoms with van der Waals surface area (Å²) in [5.74, 6) is -1.36. The molecule has 1 spiro atoms. The largest absolute Gasteiger partial charge is 0.497 e. The van der Waals surface area contributed by atoms with Gasteiger partial charge in [0.05, 0.1) is 31.7 Å². The molecule has 0 saturated carbocycles. The number of methoxy groups -OCH3 is 2. The Bertz CT molecular complexity index is 1790. The van der Waals surface area contributed by atoms with Gasteiger partial charge in [-0.3, -0.25) is 19.4 Å². The number of nitrogens with one attached hydrogen (secondary N) is 1. The van der Waals surface area contributed by atoms with E-state index in [1.54, 1.807) is 42.6 Å². The summed E-state index contributed by atoms with van der Waals surface area (Å²) in [6.45, 7) is 0. The smallest absolute Gasteiger partial charge is 0.238 e. The summed E-state index contributed by atoms with van der Waals surface area (Å²) in [6, 6.07) is 23.6. The van der Waals surface area contributed by atoms with E-state index in [0.29, 0.717) is 22.7 Å². The summed E-state index contributed by atoms with van der Waals surface area (Å²) in [4.78, 5) is 50.3. The third-order valence-corrected chi connectivity index (χ3v) is 8.71. The zero-order chi connectivity index (χ0) is 29.0. The highest BCUT2D eigenvalue weighted by Crippen LogP contribution is 2.62. The first-order valence-corrected chi connectivity index (χ1v) is 13.7. The number of amides is 1. The van der Waals surface area contributed by atoms with Gasteiger partial charge in [0.1, 0.15) is 28.6 Å². The zero-order valence-electron chi connectivity index (χ0n) is 23.0. The normalized spacial score (nSPS) is 23.1. The van der Waals surface area contributed by atoms with Crippen molar-refractivity contribution >= 4 is 29.2 Å². The topological polar surface area (TPSA) is 97.8 Å². The van der Waals surface area contributed by atoms with Crippen LogP contribution in [0.4, 0.5) is 5.69 Å². The molecule has 3 aromatic carbocycles. The second-order valence-corrected chi connectivity index (χ2v) is 10.6. The molecule has 1 amide bonds. The van der Waals surface area contributed by atoms with Crippen molar-refractivity contribution < 1.29 is 23.9 Å². The Morgan fingerprint density at radius 1 is 0.905 bits per heavy atom. The molecule has 1 aromatic heterocycles. The quantitative estimate of drug-likeness (QED) is 0.330. The fourth-order valence-electron chi connectivity index (χ4n) is 7.00. The molecule has 8 heteroatoms. The van der Waals surface area contributed by atoms with Gasteiger partial charge in [-0.2, -0.15) is 0 Å². The number of fused-ring (bicyclic) bond motifs is 6. The van der Waals surface area contributed by atoms with Crippen LogP contribution in [0, 0.1) is 5.92 Å². The number of nitrogens with zero attached hydrogens (tertiary/aromatic N) is 2. The highest BCUT2D eigenvalue weighted by atomic mass is 16.5. The van der Waals surface area contributed by atoms with Crippen LogP contribution in [0.3, 0.4) is 0 Å². The van der Waals surface area contributed by atoms with Crippen LogP contribution in [0.15, 0.2) is 97.3 Å². The van der Waals surface area contributed by atoms with Crippen LogP contribution in [0.1, 0.15) is 43.6 Å². The van der Waals surface area contributed by atoms with Crippen LogP contribution in [0.2, 0.25) is 0 Å². The molecule has 0 unspecified atom stereocenters. The molecule has 4 atom stereocenters. The van der Waals surface area contributed by atoms with E-state index in [9.17, 15) is 9.59 Å². The van der Waals surface area contributed by atoms with E-state index >= 15 is 4.79 Å². The molecule has 4 aromatic rings. The lowest BCUT2D eigenvalue weighted by Crippen LogP contribution is -2.49. The van der Waals surface area contributed by atoms with Gasteiger partial charge in [0.15, 0.2) is 5.78 Å². The lowest BCUT2D eigenvalue weighted by Gasteiger charge is -2.38. The second-order valence-electron chi connectivity index (χ2n) is 10.6. The fraction of sp³-hybridized carbons (Fsp3) is 0.176. The SMILES string of the molecule is COc1ccc(C(=O)[C@H]2[C@H](C(=O)c3ccccn3)N3C=Cc4ccccc4[C@@H]3[C@]23C(=O)Nc2ccccc23)c(OC)c1. The predicted octanol–water partition coefficient (Wildman–Crippen LogP) is 5.08. The molecule has 42 heavy (non-hydrogen) atoms. The van der Waals surface area contributed by atoms with Crippen LogP contribution in [-0.4, -0.2) is 47.6 Å². The minimum atomic E-state index is -1.44. The van der Waals surface area contributed by atoms with Gasteiger partial charge in [0, 0.05) is 24.2 Å². The number of carbonyl (C=O) groups excluding carboxylic acids is 3. The zero-order valence-corrected chi connectivity index (χ0v) is 23.0. The summed E-state index contributed by atoms with van der Waals surface area (Å²) in [5, 5.41) is 3.06. The maximum absolute atomic E-state index is 15.0. The molecule has 1 N–H and O–H groups in total. The van der Waals surface area contributed by atoms with Gasteiger partial charge in [-0.25, -0.2) is 0 Å². The van der Waals surface area contributed by atoms with Crippen LogP contribution >= 0.6 is 0 Å². The van der Waals surface area contributed by atoms with E-state index in [4.69, 9.17) is 9.47 Å². The van der Waals surface area contributed by atoms with Gasteiger partial charge < -0.3 is 19.7 Å². The van der Waals surface area contributed by atoms with Gasteiger partial charge >= 0.3 is 0 Å². The average molecular weight is 558 g/mol. The van der Waals surface area contributed by atoms with Crippen LogP contribution < -0.4 is 14.8 Å². The molecule has 0 bridgehead atoms. The number of benzene rings is 3. The number of aromatic nitrogens is 1. The number of hydrogen-bond acceptors (Lipinski definition) is 7. The molecule has 1 saturated heterocycles. The predicted molar refractivity (Wildman–Crippen MR) is 157 cm³/mol. The molecule has 0 aliphatic carbocycles. The third-order valence-electron chi connectivity index (χ3n) is 8.71. The number of hydrogen-bond donors (Lipinski definition) is 1. The minimum absolute atomic E-state index is 0.219. The Kier molecular flexibility index (Phi) is 5.93. The van der Waals surface area contributed by atoms with Crippen molar-refractivity contribution in [2.75, 3.05) is 19.5 Å². The van der Waals surface area contributed by atoms with Crippen molar-refractivity contribution in [1.29, 1.82) is 0 Å². The number of ether oxygens (including phenoxy) is 2. The summed E-state index contributed by atoms with van der Waals surface area (Å²) < 4.78 is 11.0. The van der Waals surface area contributed by atoms with Gasteiger partial charge in [-0.05, 0) is 53.1 Å². The van der Waals surface area contributed by atoms with Gasteiger partial charge in [-0.15, -0.1) is 0 Å². The summed E-state index contributed by atoms with van der Waals surface area (Å²) in [7, 11) is 3.01. The highest BCUT2D eigenvalue weighted by molar-refractivity contribution is 6.17. The molecule has 8 nitrogen and oxygen atoms in total. The first-order valence-electron chi connectivity index (χ1n) is 13.7. The van der Waals surface area contributed by atoms with E-state index in [1.807, 2.05) is 65.7 Å².